The first kappa shape index (κ1) is 21.2. The van der Waals surface area contributed by atoms with Crippen molar-refractivity contribution in [1.29, 1.82) is 0 Å². The Kier molecular flexibility index (Phi) is 5.81. The maximum Gasteiger partial charge on any atom is 0.471 e. The molecule has 0 unspecified atom stereocenters. The van der Waals surface area contributed by atoms with E-state index in [1.54, 1.807) is 0 Å². The molecule has 1 aliphatic carbocycles. The smallest absolute Gasteiger partial charge is 0.341 e. The van der Waals surface area contributed by atoms with Crippen molar-refractivity contribution in [3.05, 3.63) is 35.4 Å². The summed E-state index contributed by atoms with van der Waals surface area (Å²) in [5.74, 6) is -1.85. The molecule has 0 radical (unpaired) electrons. The number of amides is 1. The van der Waals surface area contributed by atoms with E-state index in [9.17, 15) is 18.0 Å². The second kappa shape index (κ2) is 7.69. The molecule has 1 aromatic carbocycles. The van der Waals surface area contributed by atoms with Crippen molar-refractivity contribution in [2.75, 3.05) is 19.6 Å². The number of rotatable bonds is 3. The minimum Gasteiger partial charge on any atom is -0.341 e. The fraction of sp³-hybridized carbons (Fsp3) is 0.682. The van der Waals surface area contributed by atoms with Crippen LogP contribution in [0.5, 0.6) is 0 Å². The van der Waals surface area contributed by atoms with Gasteiger partial charge in [-0.2, -0.15) is 13.2 Å². The van der Waals surface area contributed by atoms with Crippen molar-refractivity contribution in [3.8, 4) is 0 Å². The fourth-order valence-corrected chi connectivity index (χ4v) is 4.60. The molecule has 1 aromatic rings. The Morgan fingerprint density at radius 1 is 1.14 bits per heavy atom. The van der Waals surface area contributed by atoms with Crippen molar-refractivity contribution in [3.63, 3.8) is 0 Å². The summed E-state index contributed by atoms with van der Waals surface area (Å²) in [6.07, 6.45) is -0.270. The molecule has 1 atom stereocenters. The summed E-state index contributed by atoms with van der Waals surface area (Å²) in [7, 11) is 0. The van der Waals surface area contributed by atoms with Crippen molar-refractivity contribution >= 4 is 5.91 Å². The highest BCUT2D eigenvalue weighted by atomic mass is 19.4. The summed E-state index contributed by atoms with van der Waals surface area (Å²) in [6.45, 7) is 9.89. The van der Waals surface area contributed by atoms with Gasteiger partial charge in [-0.05, 0) is 73.7 Å². The van der Waals surface area contributed by atoms with E-state index in [0.29, 0.717) is 11.8 Å². The summed E-state index contributed by atoms with van der Waals surface area (Å²) in [5.41, 5.74) is 2.32. The topological polar surface area (TPSA) is 32.3 Å². The number of hydrogen-bond donors (Lipinski definition) is 1. The average Bonchev–Trinajstić information content (AvgIpc) is 2.62. The molecule has 1 fully saturated rings. The first-order valence-corrected chi connectivity index (χ1v) is 10.2. The van der Waals surface area contributed by atoms with Crippen LogP contribution in [0.4, 0.5) is 13.2 Å². The zero-order valence-corrected chi connectivity index (χ0v) is 17.0. The highest BCUT2D eigenvalue weighted by molar-refractivity contribution is 5.82. The number of benzene rings is 1. The predicted octanol–water partition coefficient (Wildman–Crippen LogP) is 4.97. The molecule has 156 valence electrons. The Morgan fingerprint density at radius 3 is 2.39 bits per heavy atom. The van der Waals surface area contributed by atoms with Crippen LogP contribution in [0, 0.1) is 5.41 Å². The number of nitrogens with one attached hydrogen (secondary N) is 1. The zero-order valence-electron chi connectivity index (χ0n) is 17.0. The van der Waals surface area contributed by atoms with E-state index in [1.165, 1.54) is 0 Å². The van der Waals surface area contributed by atoms with Crippen LogP contribution in [0.3, 0.4) is 0 Å². The summed E-state index contributed by atoms with van der Waals surface area (Å²) in [4.78, 5) is 14.0. The molecule has 1 heterocycles. The normalized spacial score (nSPS) is 22.7. The molecule has 3 rings (SSSR count). The van der Waals surface area contributed by atoms with Gasteiger partial charge in [0.1, 0.15) is 0 Å². The highest BCUT2D eigenvalue weighted by Crippen LogP contribution is 2.48. The SMILES string of the molecule is CC(C)(C)CCN1CCC2(CC[C@H](NC(=O)C(F)(F)F)c3ccccc32)CC1. The van der Waals surface area contributed by atoms with E-state index in [2.05, 4.69) is 31.0 Å². The number of piperidine rings is 1. The van der Waals surface area contributed by atoms with Crippen molar-refractivity contribution in [2.45, 2.75) is 70.5 Å². The molecule has 1 N–H and O–H groups in total. The lowest BCUT2D eigenvalue weighted by atomic mass is 9.63. The lowest BCUT2D eigenvalue weighted by molar-refractivity contribution is -0.174. The van der Waals surface area contributed by atoms with Gasteiger partial charge in [-0.15, -0.1) is 0 Å². The second-order valence-corrected chi connectivity index (χ2v) is 9.58. The third kappa shape index (κ3) is 4.70. The molecular formula is C22H31F3N2O. The first-order chi connectivity index (χ1) is 13.0. The number of carbonyl (C=O) groups excluding carboxylic acids is 1. The van der Waals surface area contributed by atoms with Crippen molar-refractivity contribution in [2.24, 2.45) is 5.41 Å². The summed E-state index contributed by atoms with van der Waals surface area (Å²) >= 11 is 0. The zero-order chi connectivity index (χ0) is 20.6. The molecule has 1 saturated heterocycles. The molecule has 6 heteroatoms. The minimum absolute atomic E-state index is 0.0221. The number of nitrogens with zero attached hydrogens (tertiary/aromatic N) is 1. The number of hydrogen-bond acceptors (Lipinski definition) is 2. The van der Waals surface area contributed by atoms with Crippen LogP contribution >= 0.6 is 0 Å². The standard InChI is InChI=1S/C22H31F3N2O/c1-20(2,3)10-13-27-14-11-21(12-15-27)9-8-18(26-19(28)22(23,24)25)16-6-4-5-7-17(16)21/h4-7,18H,8-15H2,1-3H3,(H,26,28)/t18-/m0/s1. The monoisotopic (exact) mass is 396 g/mol. The Labute approximate surface area is 165 Å². The van der Waals surface area contributed by atoms with Crippen LogP contribution in [0.25, 0.3) is 0 Å². The van der Waals surface area contributed by atoms with Crippen LogP contribution in [0.1, 0.15) is 70.0 Å². The van der Waals surface area contributed by atoms with Gasteiger partial charge in [0, 0.05) is 0 Å². The van der Waals surface area contributed by atoms with Gasteiger partial charge >= 0.3 is 12.1 Å². The van der Waals surface area contributed by atoms with E-state index in [0.717, 1.165) is 56.4 Å². The molecule has 28 heavy (non-hydrogen) atoms. The van der Waals surface area contributed by atoms with Gasteiger partial charge < -0.3 is 10.2 Å². The number of halogens is 3. The number of carbonyl (C=O) groups is 1. The lowest BCUT2D eigenvalue weighted by Crippen LogP contribution is -2.47. The predicted molar refractivity (Wildman–Crippen MR) is 104 cm³/mol. The third-order valence-corrected chi connectivity index (χ3v) is 6.37. The van der Waals surface area contributed by atoms with Gasteiger partial charge in [0.15, 0.2) is 0 Å². The van der Waals surface area contributed by atoms with Gasteiger partial charge in [-0.25, -0.2) is 0 Å². The fourth-order valence-electron chi connectivity index (χ4n) is 4.60. The van der Waals surface area contributed by atoms with E-state index >= 15 is 0 Å². The Hall–Kier alpha value is -1.56. The van der Waals surface area contributed by atoms with Crippen molar-refractivity contribution < 1.29 is 18.0 Å². The van der Waals surface area contributed by atoms with E-state index in [-0.39, 0.29) is 5.41 Å². The van der Waals surface area contributed by atoms with Crippen LogP contribution in [-0.4, -0.2) is 36.6 Å². The highest BCUT2D eigenvalue weighted by Gasteiger charge is 2.45. The molecule has 3 nitrogen and oxygen atoms in total. The van der Waals surface area contributed by atoms with Crippen LogP contribution in [0.2, 0.25) is 0 Å². The Balaban J connectivity index is 1.72. The lowest BCUT2D eigenvalue weighted by Gasteiger charge is -2.47. The van der Waals surface area contributed by atoms with Gasteiger partial charge in [0.2, 0.25) is 0 Å². The summed E-state index contributed by atoms with van der Waals surface area (Å²) < 4.78 is 38.1. The van der Waals surface area contributed by atoms with Crippen LogP contribution in [-0.2, 0) is 10.2 Å². The number of alkyl halides is 3. The molecule has 0 aromatic heterocycles. The molecule has 0 bridgehead atoms. The van der Waals surface area contributed by atoms with Crippen LogP contribution in [0.15, 0.2) is 24.3 Å². The number of likely N-dealkylation sites (tertiary alicyclic amines) is 1. The van der Waals surface area contributed by atoms with Gasteiger partial charge in [-0.3, -0.25) is 4.79 Å². The summed E-state index contributed by atoms with van der Waals surface area (Å²) in [5, 5.41) is 2.21. The average molecular weight is 396 g/mol. The third-order valence-electron chi connectivity index (χ3n) is 6.37. The van der Waals surface area contributed by atoms with Gasteiger partial charge in [0.25, 0.3) is 0 Å². The molecule has 1 aliphatic heterocycles. The second-order valence-electron chi connectivity index (χ2n) is 9.58. The molecule has 1 amide bonds. The largest absolute Gasteiger partial charge is 0.471 e. The quantitative estimate of drug-likeness (QED) is 0.782. The van der Waals surface area contributed by atoms with E-state index < -0.39 is 18.1 Å². The molecule has 0 saturated carbocycles. The molecular weight excluding hydrogens is 365 g/mol. The maximum atomic E-state index is 12.7. The minimum atomic E-state index is -4.84. The number of fused-ring (bicyclic) bond motifs is 2. The molecule has 1 spiro atoms. The Morgan fingerprint density at radius 2 is 1.79 bits per heavy atom. The van der Waals surface area contributed by atoms with Crippen LogP contribution < -0.4 is 5.32 Å². The van der Waals surface area contributed by atoms with E-state index in [4.69, 9.17) is 0 Å². The van der Waals surface area contributed by atoms with Gasteiger partial charge in [0.05, 0.1) is 6.04 Å². The maximum absolute atomic E-state index is 12.7. The van der Waals surface area contributed by atoms with Gasteiger partial charge in [-0.1, -0.05) is 45.0 Å². The summed E-state index contributed by atoms with van der Waals surface area (Å²) in [6, 6.07) is 7.17. The molecule has 2 aliphatic rings. The van der Waals surface area contributed by atoms with Crippen molar-refractivity contribution in [1.82, 2.24) is 10.2 Å². The first-order valence-electron chi connectivity index (χ1n) is 10.2. The Bertz CT molecular complexity index is 700. The van der Waals surface area contributed by atoms with E-state index in [1.807, 2.05) is 24.3 Å².